The Balaban J connectivity index is 1.57. The minimum Gasteiger partial charge on any atom is -0.508 e. The lowest BCUT2D eigenvalue weighted by atomic mass is 9.90. The van der Waals surface area contributed by atoms with E-state index in [1.165, 1.54) is 43.3 Å². The third kappa shape index (κ3) is 23.3. The average molecular weight is 1250 g/mol. The van der Waals surface area contributed by atoms with E-state index in [4.69, 9.17) is 40.3 Å². The van der Waals surface area contributed by atoms with Crippen LogP contribution in [0.2, 0.25) is 5.02 Å². The molecular weight excluding hydrogens is 1170 g/mol. The zero-order chi connectivity index (χ0) is 62.9. The van der Waals surface area contributed by atoms with Gasteiger partial charge in [0.05, 0.1) is 24.2 Å². The molecule has 0 radical (unpaired) electrons. The van der Waals surface area contributed by atoms with Gasteiger partial charge in [-0.05, 0) is 129 Å². The van der Waals surface area contributed by atoms with Gasteiger partial charge in [0, 0.05) is 48.1 Å². The second kappa shape index (κ2) is 35.5. The Hall–Kier alpha value is -7.10. The summed E-state index contributed by atoms with van der Waals surface area (Å²) in [5.41, 5.74) is 32.7. The molecule has 1 heterocycles. The van der Waals surface area contributed by atoms with Gasteiger partial charge in [-0.2, -0.15) is 0 Å². The van der Waals surface area contributed by atoms with Crippen molar-refractivity contribution in [3.63, 3.8) is 0 Å². The van der Waals surface area contributed by atoms with E-state index >= 15 is 0 Å². The third-order valence-corrected chi connectivity index (χ3v) is 17.0. The summed E-state index contributed by atoms with van der Waals surface area (Å²) < 4.78 is 0. The van der Waals surface area contributed by atoms with Crippen molar-refractivity contribution >= 4 is 86.1 Å². The Bertz CT molecular complexity index is 2910. The number of hydrogen-bond donors (Lipinski definition) is 14. The Morgan fingerprint density at radius 1 is 0.640 bits per heavy atom. The van der Waals surface area contributed by atoms with Crippen molar-refractivity contribution in [1.82, 2.24) is 31.9 Å². The topological polar surface area (TPSA) is 417 Å². The van der Waals surface area contributed by atoms with Crippen molar-refractivity contribution in [3.05, 3.63) is 130 Å². The molecule has 1 saturated heterocycles. The Morgan fingerprint density at radius 3 is 1.79 bits per heavy atom. The summed E-state index contributed by atoms with van der Waals surface area (Å²) in [4.78, 5) is 128. The molecule has 0 unspecified atom stereocenters. The number of nitrogens with two attached hydrogens (primary N) is 5. The van der Waals surface area contributed by atoms with E-state index in [0.29, 0.717) is 58.6 Å². The second-order valence-electron chi connectivity index (χ2n) is 21.4. The molecule has 23 nitrogen and oxygen atoms in total. The van der Waals surface area contributed by atoms with E-state index < -0.39 is 114 Å². The minimum absolute atomic E-state index is 0.0291. The van der Waals surface area contributed by atoms with Crippen LogP contribution in [0.1, 0.15) is 79.7 Å². The number of Topliss-reactive ketones (excluding diaryl/α,β-unsaturated/α-hetero) is 2. The van der Waals surface area contributed by atoms with Gasteiger partial charge in [0.25, 0.3) is 0 Å². The molecule has 26 heteroatoms. The standard InChI is InChI=1S/C60H80ClN11O12S2/c1-34(73)53-60(84)71-50(59(83)68-47(54(66)78)28-38-16-22-43(75)23-17-38)33-86-85-32-49(70-56(80)45(65)27-36-12-18-41(61)19-13-36)52(77)31-40(26-35-14-20-42(74)21-15-35)55(79)69-48(58(82)67-46(57(81)72-53)7-3-5-25-63)29-37-8-10-39(11-9-37)30-51(76)44(64)6-2-4-24-62/h8-23,34,40,44-50,53,73-75H,2-7,24-33,62-65H2,1H3,(H2,66,78)(H,67,82)(H,68,83)(H,69,79)(H,70,80)(H,71,84)(H,72,81)/t34-,40-,44+,45+,46+,47-,48-,49-,50+,53+/m1/s1. The Morgan fingerprint density at radius 2 is 1.17 bits per heavy atom. The number of halogens is 1. The van der Waals surface area contributed by atoms with Gasteiger partial charge in [0.1, 0.15) is 41.7 Å². The largest absolute Gasteiger partial charge is 0.508 e. The van der Waals surface area contributed by atoms with Gasteiger partial charge in [-0.3, -0.25) is 43.2 Å². The van der Waals surface area contributed by atoms with Gasteiger partial charge in [-0.15, -0.1) is 0 Å². The monoisotopic (exact) mass is 1250 g/mol. The molecule has 4 aromatic carbocycles. The molecule has 1 aliphatic rings. The molecule has 86 heavy (non-hydrogen) atoms. The number of unbranched alkanes of at least 4 members (excludes halogenated alkanes) is 2. The normalized spacial score (nSPS) is 20.8. The first-order valence-corrected chi connectivity index (χ1v) is 31.3. The summed E-state index contributed by atoms with van der Waals surface area (Å²) in [6, 6.07) is 14.4. The predicted octanol–water partition coefficient (Wildman–Crippen LogP) is 0.791. The number of primary amides is 1. The first-order chi connectivity index (χ1) is 41.0. The maximum absolute atomic E-state index is 15.0. The predicted molar refractivity (Wildman–Crippen MR) is 330 cm³/mol. The highest BCUT2D eigenvalue weighted by Gasteiger charge is 2.37. The van der Waals surface area contributed by atoms with Crippen molar-refractivity contribution in [3.8, 4) is 11.5 Å². The molecule has 0 saturated carbocycles. The number of carbonyl (C=O) groups is 9. The van der Waals surface area contributed by atoms with Crippen LogP contribution in [0.5, 0.6) is 11.5 Å². The lowest BCUT2D eigenvalue weighted by molar-refractivity contribution is -0.137. The zero-order valence-electron chi connectivity index (χ0n) is 47.9. The molecular formula is C60H80ClN11O12S2. The Labute approximate surface area is 513 Å². The fourth-order valence-electron chi connectivity index (χ4n) is 9.28. The summed E-state index contributed by atoms with van der Waals surface area (Å²) in [7, 11) is 1.98. The van der Waals surface area contributed by atoms with Crippen molar-refractivity contribution in [2.24, 2.45) is 34.6 Å². The number of nitrogens with one attached hydrogen (secondary N) is 6. The number of aliphatic hydroxyl groups excluding tert-OH is 1. The number of benzene rings is 4. The number of amides is 7. The van der Waals surface area contributed by atoms with Crippen LogP contribution in [-0.4, -0.2) is 147 Å². The van der Waals surface area contributed by atoms with E-state index in [2.05, 4.69) is 31.9 Å². The molecule has 7 amide bonds. The van der Waals surface area contributed by atoms with Crippen LogP contribution in [0, 0.1) is 5.92 Å². The smallest absolute Gasteiger partial charge is 0.245 e. The molecule has 0 aliphatic carbocycles. The molecule has 10 atom stereocenters. The molecule has 0 spiro atoms. The first-order valence-electron chi connectivity index (χ1n) is 28.4. The summed E-state index contributed by atoms with van der Waals surface area (Å²) in [5, 5.41) is 47.6. The van der Waals surface area contributed by atoms with Crippen LogP contribution in [0.25, 0.3) is 0 Å². The molecule has 1 fully saturated rings. The summed E-state index contributed by atoms with van der Waals surface area (Å²) in [6.45, 7) is 1.91. The van der Waals surface area contributed by atoms with Crippen LogP contribution in [0.3, 0.4) is 0 Å². The number of rotatable bonds is 25. The van der Waals surface area contributed by atoms with E-state index in [9.17, 15) is 58.5 Å². The second-order valence-corrected chi connectivity index (χ2v) is 24.4. The number of aliphatic hydroxyl groups is 1. The lowest BCUT2D eigenvalue weighted by Crippen LogP contribution is -2.62. The summed E-state index contributed by atoms with van der Waals surface area (Å²) in [5.74, 6) is -8.84. The van der Waals surface area contributed by atoms with E-state index in [-0.39, 0.29) is 80.3 Å². The fourth-order valence-corrected chi connectivity index (χ4v) is 11.8. The molecule has 0 bridgehead atoms. The SMILES string of the molecule is C[C@@H](O)[C@@H]1NC(=O)[C@H](CCCCN)NC(=O)[C@@H](Cc2ccc(CC(=O)[C@@H](N)CCCCN)cc2)NC(=O)[C@H](Cc2ccc(O)cc2)CC(=O)[C@H](NC(=O)[C@@H](N)Cc2ccc(Cl)cc2)CSSC[C@@H](C(=O)N[C@H](Cc2ccc(O)cc2)C(N)=O)NC1=O. The van der Waals surface area contributed by atoms with Crippen LogP contribution < -0.4 is 60.6 Å². The number of phenolic OH excluding ortho intramolecular Hbond substituents is 2. The number of phenols is 2. The van der Waals surface area contributed by atoms with Gasteiger partial charge in [0.15, 0.2) is 11.6 Å². The van der Waals surface area contributed by atoms with Crippen LogP contribution in [-0.2, 0) is 75.3 Å². The van der Waals surface area contributed by atoms with Crippen LogP contribution >= 0.6 is 33.2 Å². The Kier molecular flexibility index (Phi) is 28.8. The first kappa shape index (κ1) is 69.7. The summed E-state index contributed by atoms with van der Waals surface area (Å²) >= 11 is 6.10. The molecule has 466 valence electrons. The summed E-state index contributed by atoms with van der Waals surface area (Å²) in [6.07, 6.45) is 0.0611. The van der Waals surface area contributed by atoms with Crippen molar-refractivity contribution in [2.45, 2.75) is 138 Å². The molecule has 19 N–H and O–H groups in total. The maximum Gasteiger partial charge on any atom is 0.245 e. The molecule has 5 rings (SSSR count). The number of carbonyl (C=O) groups excluding carboxylic acids is 9. The van der Waals surface area contributed by atoms with Crippen LogP contribution in [0.15, 0.2) is 97.1 Å². The highest BCUT2D eigenvalue weighted by atomic mass is 35.5. The zero-order valence-corrected chi connectivity index (χ0v) is 50.3. The fraction of sp³-hybridized carbons (Fsp3) is 0.450. The van der Waals surface area contributed by atoms with Gasteiger partial charge in [0.2, 0.25) is 41.4 Å². The van der Waals surface area contributed by atoms with Crippen LogP contribution in [0.4, 0.5) is 0 Å². The van der Waals surface area contributed by atoms with Gasteiger partial charge >= 0.3 is 0 Å². The molecule has 0 aromatic heterocycles. The minimum atomic E-state index is -1.75. The lowest BCUT2D eigenvalue weighted by Gasteiger charge is -2.29. The number of aromatic hydroxyl groups is 2. The molecule has 4 aromatic rings. The average Bonchev–Trinajstić information content (AvgIpc) is 3.30. The van der Waals surface area contributed by atoms with Crippen molar-refractivity contribution < 1.29 is 58.5 Å². The highest BCUT2D eigenvalue weighted by Crippen LogP contribution is 2.26. The van der Waals surface area contributed by atoms with Gasteiger partial charge < -0.3 is 75.9 Å². The van der Waals surface area contributed by atoms with Gasteiger partial charge in [-0.1, -0.05) is 100 Å². The maximum atomic E-state index is 15.0. The van der Waals surface area contributed by atoms with Crippen molar-refractivity contribution in [1.29, 1.82) is 0 Å². The number of ketones is 2. The van der Waals surface area contributed by atoms with Crippen molar-refractivity contribution in [2.75, 3.05) is 24.6 Å². The van der Waals surface area contributed by atoms with E-state index in [1.54, 1.807) is 60.7 Å². The van der Waals surface area contributed by atoms with E-state index in [0.717, 1.165) is 28.0 Å². The number of hydrogen-bond acceptors (Lipinski definition) is 18. The van der Waals surface area contributed by atoms with E-state index in [1.807, 2.05) is 0 Å². The van der Waals surface area contributed by atoms with Gasteiger partial charge in [-0.25, -0.2) is 0 Å². The quantitative estimate of drug-likeness (QED) is 0.0322. The molecule has 1 aliphatic heterocycles. The third-order valence-electron chi connectivity index (χ3n) is 14.4. The highest BCUT2D eigenvalue weighted by molar-refractivity contribution is 8.76.